The van der Waals surface area contributed by atoms with Crippen molar-refractivity contribution in [3.63, 3.8) is 0 Å². The molecule has 1 atom stereocenters. The fraction of sp³-hybridized carbons (Fsp3) is 0.360. The lowest BCUT2D eigenvalue weighted by molar-refractivity contribution is -0.115. The van der Waals surface area contributed by atoms with Crippen LogP contribution in [0, 0.1) is 13.8 Å². The van der Waals surface area contributed by atoms with Gasteiger partial charge >= 0.3 is 0 Å². The van der Waals surface area contributed by atoms with Crippen LogP contribution < -0.4 is 10.2 Å². The van der Waals surface area contributed by atoms with E-state index >= 15 is 0 Å². The minimum atomic E-state index is -0.146. The second kappa shape index (κ2) is 8.03. The third kappa shape index (κ3) is 4.26. The van der Waals surface area contributed by atoms with Crippen LogP contribution in [0.2, 0.25) is 5.02 Å². The number of nitrogens with zero attached hydrogens (tertiary/aromatic N) is 2. The topological polar surface area (TPSA) is 44.7 Å². The number of carbonyl (C=O) groups excluding carboxylic acids is 1. The number of carbonyl (C=O) groups is 1. The Kier molecular flexibility index (Phi) is 5.69. The van der Waals surface area contributed by atoms with Crippen molar-refractivity contribution in [3.8, 4) is 0 Å². The van der Waals surface area contributed by atoms with Crippen LogP contribution in [-0.2, 0) is 4.79 Å². The lowest BCUT2D eigenvalue weighted by Gasteiger charge is -2.45. The second-order valence-corrected chi connectivity index (χ2v) is 10.6. The van der Waals surface area contributed by atoms with Crippen LogP contribution in [0.5, 0.6) is 0 Å². The third-order valence-electron chi connectivity index (χ3n) is 6.41. The number of anilines is 1. The number of hydrogen-bond acceptors (Lipinski definition) is 4. The highest BCUT2D eigenvalue weighted by molar-refractivity contribution is 8.18. The first kappa shape index (κ1) is 22.0. The zero-order valence-corrected chi connectivity index (χ0v) is 20.4. The Bertz CT molecular complexity index is 1140. The van der Waals surface area contributed by atoms with Crippen molar-refractivity contribution in [2.75, 3.05) is 11.9 Å². The summed E-state index contributed by atoms with van der Waals surface area (Å²) in [6.45, 7) is 10.9. The molecular formula is C25H28ClN3OS. The van der Waals surface area contributed by atoms with Gasteiger partial charge in [0.05, 0.1) is 10.6 Å². The van der Waals surface area contributed by atoms with Gasteiger partial charge in [-0.2, -0.15) is 0 Å². The van der Waals surface area contributed by atoms with Gasteiger partial charge in [-0.15, -0.1) is 0 Å². The second-order valence-electron chi connectivity index (χ2n) is 9.16. The van der Waals surface area contributed by atoms with Gasteiger partial charge in [-0.3, -0.25) is 4.79 Å². The van der Waals surface area contributed by atoms with Gasteiger partial charge in [-0.25, -0.2) is 4.99 Å². The molecule has 31 heavy (non-hydrogen) atoms. The predicted octanol–water partition coefficient (Wildman–Crippen LogP) is 6.57. The smallest absolute Gasteiger partial charge is 0.264 e. The van der Waals surface area contributed by atoms with Crippen molar-refractivity contribution in [3.05, 3.63) is 62.5 Å². The standard InChI is InChI=1S/C25H28ClN3OS/c1-14-7-8-18(9-15(14)2)27-24-28-23(30)22(31-24)11-17-10-19-16(3)13-25(4,5)29(6)21(19)12-20(17)26/h7-12,16H,13H2,1-6H3,(H,27,28,30)/b22-11-/t16-/m0/s1. The van der Waals surface area contributed by atoms with Crippen molar-refractivity contribution in [1.29, 1.82) is 0 Å². The third-order valence-corrected chi connectivity index (χ3v) is 7.65. The van der Waals surface area contributed by atoms with E-state index in [0.717, 1.165) is 23.4 Å². The minimum Gasteiger partial charge on any atom is -0.369 e. The van der Waals surface area contributed by atoms with Crippen LogP contribution in [-0.4, -0.2) is 23.7 Å². The number of hydrogen-bond donors (Lipinski definition) is 1. The average molecular weight is 454 g/mol. The Hall–Kier alpha value is -2.24. The number of amides is 1. The summed E-state index contributed by atoms with van der Waals surface area (Å²) in [6.07, 6.45) is 2.94. The van der Waals surface area contributed by atoms with E-state index in [4.69, 9.17) is 11.6 Å². The van der Waals surface area contributed by atoms with E-state index in [2.05, 4.69) is 62.9 Å². The van der Waals surface area contributed by atoms with E-state index in [1.54, 1.807) is 0 Å². The summed E-state index contributed by atoms with van der Waals surface area (Å²) >= 11 is 8.00. The summed E-state index contributed by atoms with van der Waals surface area (Å²) < 4.78 is 0. The van der Waals surface area contributed by atoms with E-state index in [9.17, 15) is 4.79 Å². The molecule has 4 rings (SSSR count). The molecule has 0 saturated carbocycles. The Morgan fingerprint density at radius 1 is 1.23 bits per heavy atom. The first-order valence-electron chi connectivity index (χ1n) is 10.5. The van der Waals surface area contributed by atoms with Crippen molar-refractivity contribution in [2.45, 2.75) is 52.5 Å². The molecule has 2 aromatic carbocycles. The predicted molar refractivity (Wildman–Crippen MR) is 134 cm³/mol. The SMILES string of the molecule is Cc1ccc(N=C2NC(=O)/C(=C/c3cc4c(cc3Cl)N(C)C(C)(C)C[C@@H]4C)S2)cc1C. The van der Waals surface area contributed by atoms with Gasteiger partial charge in [0.1, 0.15) is 0 Å². The number of nitrogens with one attached hydrogen (secondary N) is 1. The van der Waals surface area contributed by atoms with Crippen molar-refractivity contribution < 1.29 is 4.79 Å². The first-order chi connectivity index (χ1) is 14.5. The van der Waals surface area contributed by atoms with Gasteiger partial charge in [0.15, 0.2) is 5.17 Å². The van der Waals surface area contributed by atoms with E-state index in [-0.39, 0.29) is 11.4 Å². The number of aliphatic imine (C=N–C) groups is 1. The molecule has 2 aliphatic rings. The summed E-state index contributed by atoms with van der Waals surface area (Å²) in [5, 5.41) is 4.11. The molecule has 1 amide bonds. The van der Waals surface area contributed by atoms with Crippen molar-refractivity contribution in [2.24, 2.45) is 4.99 Å². The molecule has 0 aliphatic carbocycles. The molecule has 0 radical (unpaired) electrons. The quantitative estimate of drug-likeness (QED) is 0.523. The van der Waals surface area contributed by atoms with Crippen LogP contribution in [0.15, 0.2) is 40.2 Å². The number of benzene rings is 2. The molecule has 0 aromatic heterocycles. The first-order valence-corrected chi connectivity index (χ1v) is 11.7. The number of amidine groups is 1. The monoisotopic (exact) mass is 453 g/mol. The lowest BCUT2D eigenvalue weighted by atomic mass is 9.80. The number of thioether (sulfide) groups is 1. The molecule has 2 aliphatic heterocycles. The molecule has 0 bridgehead atoms. The zero-order chi connectivity index (χ0) is 22.5. The highest BCUT2D eigenvalue weighted by Crippen LogP contribution is 2.45. The summed E-state index contributed by atoms with van der Waals surface area (Å²) in [7, 11) is 2.12. The van der Waals surface area contributed by atoms with Crippen LogP contribution in [0.1, 0.15) is 55.4 Å². The lowest BCUT2D eigenvalue weighted by Crippen LogP contribution is -2.45. The number of aryl methyl sites for hydroxylation is 2. The van der Waals surface area contributed by atoms with Gasteiger partial charge in [0, 0.05) is 23.3 Å². The summed E-state index contributed by atoms with van der Waals surface area (Å²) in [5.74, 6) is 0.273. The minimum absolute atomic E-state index is 0.0800. The largest absolute Gasteiger partial charge is 0.369 e. The van der Waals surface area contributed by atoms with Gasteiger partial charge in [-0.05, 0) is 104 Å². The molecule has 1 saturated heterocycles. The van der Waals surface area contributed by atoms with Crippen LogP contribution in [0.3, 0.4) is 0 Å². The van der Waals surface area contributed by atoms with Crippen molar-refractivity contribution >= 4 is 51.9 Å². The fourth-order valence-electron chi connectivity index (χ4n) is 4.25. The summed E-state index contributed by atoms with van der Waals surface area (Å²) in [5.41, 5.74) is 6.61. The van der Waals surface area contributed by atoms with Gasteiger partial charge in [0.2, 0.25) is 0 Å². The Balaban J connectivity index is 1.65. The van der Waals surface area contributed by atoms with E-state index < -0.39 is 0 Å². The van der Waals surface area contributed by atoms with Crippen LogP contribution >= 0.6 is 23.4 Å². The molecular weight excluding hydrogens is 426 g/mol. The molecule has 0 spiro atoms. The average Bonchev–Trinajstić information content (AvgIpc) is 3.02. The molecule has 2 aromatic rings. The van der Waals surface area contributed by atoms with E-state index in [1.807, 2.05) is 30.3 Å². The molecule has 2 heterocycles. The molecule has 0 unspecified atom stereocenters. The van der Waals surface area contributed by atoms with Gasteiger partial charge in [-0.1, -0.05) is 24.6 Å². The van der Waals surface area contributed by atoms with Crippen LogP contribution in [0.4, 0.5) is 11.4 Å². The maximum Gasteiger partial charge on any atom is 0.264 e. The number of halogens is 1. The summed E-state index contributed by atoms with van der Waals surface area (Å²) in [4.78, 5) is 20.1. The highest BCUT2D eigenvalue weighted by Gasteiger charge is 2.34. The van der Waals surface area contributed by atoms with Crippen LogP contribution in [0.25, 0.3) is 6.08 Å². The summed E-state index contributed by atoms with van der Waals surface area (Å²) in [6, 6.07) is 10.2. The maximum atomic E-state index is 12.6. The van der Waals surface area contributed by atoms with Gasteiger partial charge < -0.3 is 10.2 Å². The molecule has 4 nitrogen and oxygen atoms in total. The maximum absolute atomic E-state index is 12.6. The zero-order valence-electron chi connectivity index (χ0n) is 18.8. The van der Waals surface area contributed by atoms with E-state index in [1.165, 1.54) is 28.5 Å². The van der Waals surface area contributed by atoms with E-state index in [0.29, 0.717) is 21.0 Å². The Morgan fingerprint density at radius 3 is 2.68 bits per heavy atom. The molecule has 162 valence electrons. The molecule has 1 fully saturated rings. The van der Waals surface area contributed by atoms with Gasteiger partial charge in [0.25, 0.3) is 5.91 Å². The Labute approximate surface area is 193 Å². The Morgan fingerprint density at radius 2 is 1.97 bits per heavy atom. The molecule has 6 heteroatoms. The molecule has 1 N–H and O–H groups in total. The number of rotatable bonds is 2. The fourth-order valence-corrected chi connectivity index (χ4v) is 5.29. The normalized spacial score (nSPS) is 22.7. The highest BCUT2D eigenvalue weighted by atomic mass is 35.5. The van der Waals surface area contributed by atoms with Crippen molar-refractivity contribution in [1.82, 2.24) is 5.32 Å². The number of fused-ring (bicyclic) bond motifs is 1.